The second-order valence-electron chi connectivity index (χ2n) is 7.81. The van der Waals surface area contributed by atoms with E-state index in [0.29, 0.717) is 5.56 Å². The van der Waals surface area contributed by atoms with Crippen LogP contribution in [0.4, 0.5) is 0 Å². The first-order valence-corrected chi connectivity index (χ1v) is 10.4. The van der Waals surface area contributed by atoms with E-state index in [4.69, 9.17) is 5.10 Å². The summed E-state index contributed by atoms with van der Waals surface area (Å²) < 4.78 is 0. The molecule has 0 radical (unpaired) electrons. The molecule has 1 fully saturated rings. The van der Waals surface area contributed by atoms with Gasteiger partial charge >= 0.3 is 0 Å². The van der Waals surface area contributed by atoms with Crippen molar-refractivity contribution < 1.29 is 4.79 Å². The van der Waals surface area contributed by atoms with Gasteiger partial charge in [0.1, 0.15) is 0 Å². The normalized spacial score (nSPS) is 21.9. The van der Waals surface area contributed by atoms with Gasteiger partial charge in [0.25, 0.3) is 5.91 Å². The SMILES string of the molecule is O=C(c1cccnc1)N1N=C2/C(=C/c3ccccc3)CCC[C@H]2[C@@H]1c1ccccc1. The molecule has 0 unspecified atom stereocenters. The summed E-state index contributed by atoms with van der Waals surface area (Å²) in [6, 6.07) is 24.1. The van der Waals surface area contributed by atoms with Crippen molar-refractivity contribution in [3.05, 3.63) is 107 Å². The first-order valence-electron chi connectivity index (χ1n) is 10.4. The number of benzene rings is 2. The standard InChI is InChI=1S/C26H23N3O/c30-26(22-14-8-16-27-18-22)29-25(20-11-5-2-6-12-20)23-15-7-13-21(24(23)28-29)17-19-9-3-1-4-10-19/h1-6,8-12,14,16-18,23,25H,7,13,15H2/b21-17+/t23-,25+/m1/s1. The predicted octanol–water partition coefficient (Wildman–Crippen LogP) is 5.52. The van der Waals surface area contributed by atoms with E-state index in [9.17, 15) is 4.79 Å². The van der Waals surface area contributed by atoms with Gasteiger partial charge in [-0.05, 0) is 54.2 Å². The van der Waals surface area contributed by atoms with Gasteiger partial charge in [0.2, 0.25) is 0 Å². The van der Waals surface area contributed by atoms with E-state index >= 15 is 0 Å². The molecular weight excluding hydrogens is 370 g/mol. The Morgan fingerprint density at radius 2 is 1.73 bits per heavy atom. The molecule has 0 saturated heterocycles. The summed E-state index contributed by atoms with van der Waals surface area (Å²) >= 11 is 0. The van der Waals surface area contributed by atoms with Crippen LogP contribution >= 0.6 is 0 Å². The monoisotopic (exact) mass is 393 g/mol. The Morgan fingerprint density at radius 1 is 0.967 bits per heavy atom. The Balaban J connectivity index is 1.58. The summed E-state index contributed by atoms with van der Waals surface area (Å²) in [5.41, 5.74) is 5.15. The molecule has 2 aromatic carbocycles. The average Bonchev–Trinajstić information content (AvgIpc) is 3.21. The minimum atomic E-state index is -0.0992. The van der Waals surface area contributed by atoms with Gasteiger partial charge in [0.15, 0.2) is 0 Å². The number of hydrazone groups is 1. The molecule has 1 saturated carbocycles. The molecule has 2 aliphatic rings. The zero-order chi connectivity index (χ0) is 20.3. The van der Waals surface area contributed by atoms with E-state index in [-0.39, 0.29) is 17.9 Å². The molecule has 5 rings (SSSR count). The van der Waals surface area contributed by atoms with Crippen molar-refractivity contribution in [3.63, 3.8) is 0 Å². The fourth-order valence-electron chi connectivity index (χ4n) is 4.52. The number of carbonyl (C=O) groups excluding carboxylic acids is 1. The molecule has 4 nitrogen and oxygen atoms in total. The third kappa shape index (κ3) is 3.45. The second-order valence-corrected chi connectivity index (χ2v) is 7.81. The minimum Gasteiger partial charge on any atom is -0.267 e. The molecule has 148 valence electrons. The topological polar surface area (TPSA) is 45.6 Å². The van der Waals surface area contributed by atoms with Gasteiger partial charge in [-0.2, -0.15) is 5.10 Å². The van der Waals surface area contributed by atoms with Crippen LogP contribution in [0.5, 0.6) is 0 Å². The van der Waals surface area contributed by atoms with Crippen LogP contribution in [0.25, 0.3) is 6.08 Å². The fourth-order valence-corrected chi connectivity index (χ4v) is 4.52. The molecule has 2 atom stereocenters. The molecule has 4 heteroatoms. The van der Waals surface area contributed by atoms with Crippen LogP contribution < -0.4 is 0 Å². The van der Waals surface area contributed by atoms with Crippen LogP contribution in [0.3, 0.4) is 0 Å². The third-order valence-electron chi connectivity index (χ3n) is 5.90. The van der Waals surface area contributed by atoms with Gasteiger partial charge in [-0.3, -0.25) is 9.78 Å². The molecule has 1 aliphatic carbocycles. The van der Waals surface area contributed by atoms with E-state index in [1.165, 1.54) is 11.1 Å². The number of aromatic nitrogens is 1. The molecule has 1 amide bonds. The van der Waals surface area contributed by atoms with Gasteiger partial charge < -0.3 is 0 Å². The molecule has 0 bridgehead atoms. The lowest BCUT2D eigenvalue weighted by atomic mass is 9.77. The van der Waals surface area contributed by atoms with Crippen LogP contribution in [0.2, 0.25) is 0 Å². The van der Waals surface area contributed by atoms with Crippen LogP contribution in [-0.4, -0.2) is 21.6 Å². The van der Waals surface area contributed by atoms with Crippen LogP contribution in [0.15, 0.2) is 95.9 Å². The molecule has 3 aromatic rings. The van der Waals surface area contributed by atoms with E-state index in [0.717, 1.165) is 30.5 Å². The van der Waals surface area contributed by atoms with Gasteiger partial charge in [0, 0.05) is 18.3 Å². The smallest absolute Gasteiger partial charge is 0.267 e. The molecule has 2 heterocycles. The number of hydrogen-bond donors (Lipinski definition) is 0. The zero-order valence-corrected chi connectivity index (χ0v) is 16.7. The first-order chi connectivity index (χ1) is 14.8. The van der Waals surface area contributed by atoms with Crippen molar-refractivity contribution in [2.24, 2.45) is 11.0 Å². The summed E-state index contributed by atoms with van der Waals surface area (Å²) in [5.74, 6) is 0.106. The highest BCUT2D eigenvalue weighted by Crippen LogP contribution is 2.44. The van der Waals surface area contributed by atoms with Crippen molar-refractivity contribution in [3.8, 4) is 0 Å². The molecule has 1 aromatic heterocycles. The number of hydrogen-bond acceptors (Lipinski definition) is 3. The van der Waals surface area contributed by atoms with Gasteiger partial charge in [-0.15, -0.1) is 0 Å². The number of fused-ring (bicyclic) bond motifs is 1. The van der Waals surface area contributed by atoms with Crippen molar-refractivity contribution in [2.45, 2.75) is 25.3 Å². The first kappa shape index (κ1) is 18.5. The lowest BCUT2D eigenvalue weighted by Gasteiger charge is -2.29. The minimum absolute atomic E-state index is 0.0895. The quantitative estimate of drug-likeness (QED) is 0.588. The van der Waals surface area contributed by atoms with E-state index in [1.54, 1.807) is 29.5 Å². The van der Waals surface area contributed by atoms with Crippen LogP contribution in [0.1, 0.15) is 46.8 Å². The van der Waals surface area contributed by atoms with E-state index in [1.807, 2.05) is 36.4 Å². The van der Waals surface area contributed by atoms with Crippen molar-refractivity contribution in [1.29, 1.82) is 0 Å². The summed E-state index contributed by atoms with van der Waals surface area (Å²) in [7, 11) is 0. The van der Waals surface area contributed by atoms with Gasteiger partial charge in [-0.1, -0.05) is 60.7 Å². The predicted molar refractivity (Wildman–Crippen MR) is 119 cm³/mol. The molecule has 1 aliphatic heterocycles. The summed E-state index contributed by atoms with van der Waals surface area (Å²) in [6.45, 7) is 0. The van der Waals surface area contributed by atoms with Crippen molar-refractivity contribution in [1.82, 2.24) is 9.99 Å². The lowest BCUT2D eigenvalue weighted by Crippen LogP contribution is -2.31. The number of rotatable bonds is 3. The molecule has 0 spiro atoms. The maximum absolute atomic E-state index is 13.4. The number of amides is 1. The Bertz CT molecular complexity index is 1090. The van der Waals surface area contributed by atoms with Crippen LogP contribution in [-0.2, 0) is 0 Å². The lowest BCUT2D eigenvalue weighted by molar-refractivity contribution is 0.0680. The Kier molecular flexibility index (Phi) is 4.98. The zero-order valence-electron chi connectivity index (χ0n) is 16.7. The average molecular weight is 393 g/mol. The highest BCUT2D eigenvalue weighted by molar-refractivity contribution is 6.09. The van der Waals surface area contributed by atoms with Gasteiger partial charge in [0.05, 0.1) is 17.3 Å². The molecule has 30 heavy (non-hydrogen) atoms. The van der Waals surface area contributed by atoms with Crippen LogP contribution in [0, 0.1) is 5.92 Å². The summed E-state index contributed by atoms with van der Waals surface area (Å²) in [4.78, 5) is 17.5. The fraction of sp³-hybridized carbons (Fsp3) is 0.192. The molecular formula is C26H23N3O. The Hall–Kier alpha value is -3.53. The van der Waals surface area contributed by atoms with Crippen molar-refractivity contribution in [2.75, 3.05) is 0 Å². The highest BCUT2D eigenvalue weighted by atomic mass is 16.2. The van der Waals surface area contributed by atoms with Crippen molar-refractivity contribution >= 4 is 17.7 Å². The number of nitrogens with zero attached hydrogens (tertiary/aromatic N) is 3. The second kappa shape index (κ2) is 8.07. The molecule has 0 N–H and O–H groups in total. The largest absolute Gasteiger partial charge is 0.276 e. The number of pyridine rings is 1. The maximum Gasteiger partial charge on any atom is 0.276 e. The summed E-state index contributed by atoms with van der Waals surface area (Å²) in [5, 5.41) is 6.62. The van der Waals surface area contributed by atoms with Gasteiger partial charge in [-0.25, -0.2) is 5.01 Å². The van der Waals surface area contributed by atoms with E-state index in [2.05, 4.69) is 35.3 Å². The number of allylic oxidation sites excluding steroid dienone is 1. The summed E-state index contributed by atoms with van der Waals surface area (Å²) in [6.07, 6.45) is 8.64. The highest BCUT2D eigenvalue weighted by Gasteiger charge is 2.43. The third-order valence-corrected chi connectivity index (χ3v) is 5.90. The Labute approximate surface area is 176 Å². The Morgan fingerprint density at radius 3 is 2.47 bits per heavy atom. The maximum atomic E-state index is 13.4. The van der Waals surface area contributed by atoms with E-state index < -0.39 is 0 Å². The number of carbonyl (C=O) groups is 1.